The summed E-state index contributed by atoms with van der Waals surface area (Å²) in [5, 5.41) is 0. The van der Waals surface area contributed by atoms with E-state index in [2.05, 4.69) is 38.5 Å². The van der Waals surface area contributed by atoms with Crippen LogP contribution in [0.5, 0.6) is 0 Å². The molecule has 0 aliphatic carbocycles. The normalized spacial score (nSPS) is 11.1. The third-order valence-electron chi connectivity index (χ3n) is 4.17. The van der Waals surface area contributed by atoms with E-state index in [4.69, 9.17) is 0 Å². The predicted molar refractivity (Wildman–Crippen MR) is 81.3 cm³/mol. The first-order chi connectivity index (χ1) is 8.66. The lowest BCUT2D eigenvalue weighted by molar-refractivity contribution is 0.540. The molecule has 0 amide bonds. The molecule has 104 valence electrons. The van der Waals surface area contributed by atoms with Gasteiger partial charge in [0.1, 0.15) is 0 Å². The Kier molecular flexibility index (Phi) is 7.15. The largest absolute Gasteiger partial charge is 0.351 e. The van der Waals surface area contributed by atoms with Gasteiger partial charge in [0, 0.05) is 18.4 Å². The number of aromatic nitrogens is 1. The van der Waals surface area contributed by atoms with Gasteiger partial charge in [0.15, 0.2) is 0 Å². The zero-order valence-electron chi connectivity index (χ0n) is 12.9. The highest BCUT2D eigenvalue weighted by Gasteiger charge is 2.04. The van der Waals surface area contributed by atoms with Crippen LogP contribution in [0, 0.1) is 20.8 Å². The molecule has 0 N–H and O–H groups in total. The van der Waals surface area contributed by atoms with Crippen LogP contribution in [0.25, 0.3) is 0 Å². The molecule has 1 nitrogen and oxygen atoms in total. The van der Waals surface area contributed by atoms with Gasteiger partial charge in [-0.25, -0.2) is 0 Å². The van der Waals surface area contributed by atoms with Crippen LogP contribution in [-0.4, -0.2) is 4.57 Å². The first-order valence-electron chi connectivity index (χ1n) is 7.79. The Morgan fingerprint density at radius 3 is 1.89 bits per heavy atom. The summed E-state index contributed by atoms with van der Waals surface area (Å²) in [6, 6.07) is 0. The van der Waals surface area contributed by atoms with E-state index in [1.54, 1.807) is 0 Å². The van der Waals surface area contributed by atoms with Crippen LogP contribution in [0.2, 0.25) is 0 Å². The van der Waals surface area contributed by atoms with Crippen LogP contribution in [0.4, 0.5) is 0 Å². The average Bonchev–Trinajstić information content (AvgIpc) is 2.60. The Bertz CT molecular complexity index is 336. The van der Waals surface area contributed by atoms with Crippen molar-refractivity contribution in [1.29, 1.82) is 0 Å². The standard InChI is InChI=1S/C17H31N/c1-5-6-7-8-9-10-11-12-13-18-14-15(2)16(3)17(18)4/h14H,5-13H2,1-4H3. The van der Waals surface area contributed by atoms with Crippen LogP contribution in [0.1, 0.15) is 75.1 Å². The van der Waals surface area contributed by atoms with Gasteiger partial charge in [-0.3, -0.25) is 0 Å². The van der Waals surface area contributed by atoms with Crippen molar-refractivity contribution in [3.63, 3.8) is 0 Å². The monoisotopic (exact) mass is 249 g/mol. The Morgan fingerprint density at radius 2 is 1.39 bits per heavy atom. The van der Waals surface area contributed by atoms with Crippen LogP contribution in [0.15, 0.2) is 6.20 Å². The number of hydrogen-bond acceptors (Lipinski definition) is 0. The van der Waals surface area contributed by atoms with Gasteiger partial charge in [-0.1, -0.05) is 51.9 Å². The molecule has 0 aliphatic heterocycles. The third-order valence-corrected chi connectivity index (χ3v) is 4.17. The van der Waals surface area contributed by atoms with Gasteiger partial charge >= 0.3 is 0 Å². The number of hydrogen-bond donors (Lipinski definition) is 0. The molecule has 0 unspecified atom stereocenters. The van der Waals surface area contributed by atoms with E-state index in [0.29, 0.717) is 0 Å². The van der Waals surface area contributed by atoms with Gasteiger partial charge in [0.25, 0.3) is 0 Å². The molecule has 18 heavy (non-hydrogen) atoms. The molecule has 0 bridgehead atoms. The van der Waals surface area contributed by atoms with Crippen LogP contribution >= 0.6 is 0 Å². The molecule has 0 saturated carbocycles. The molecular weight excluding hydrogens is 218 g/mol. The maximum absolute atomic E-state index is 2.43. The molecule has 1 heterocycles. The van der Waals surface area contributed by atoms with Gasteiger partial charge in [-0.05, 0) is 38.3 Å². The fourth-order valence-electron chi connectivity index (χ4n) is 2.58. The summed E-state index contributed by atoms with van der Waals surface area (Å²) in [6.07, 6.45) is 13.5. The Hall–Kier alpha value is -0.720. The van der Waals surface area contributed by atoms with Gasteiger partial charge in [0.05, 0.1) is 0 Å². The van der Waals surface area contributed by atoms with Crippen molar-refractivity contribution < 1.29 is 0 Å². The molecule has 1 aromatic heterocycles. The number of aryl methyl sites for hydroxylation is 2. The third kappa shape index (κ3) is 4.88. The summed E-state index contributed by atoms with van der Waals surface area (Å²) in [6.45, 7) is 10.2. The second-order valence-corrected chi connectivity index (χ2v) is 5.69. The molecule has 0 radical (unpaired) electrons. The molecule has 0 spiro atoms. The fourth-order valence-corrected chi connectivity index (χ4v) is 2.58. The molecule has 0 saturated heterocycles. The lowest BCUT2D eigenvalue weighted by Gasteiger charge is -2.06. The van der Waals surface area contributed by atoms with E-state index in [-0.39, 0.29) is 0 Å². The minimum absolute atomic E-state index is 1.20. The van der Waals surface area contributed by atoms with Crippen molar-refractivity contribution in [3.8, 4) is 0 Å². The highest BCUT2D eigenvalue weighted by Crippen LogP contribution is 2.16. The summed E-state index contributed by atoms with van der Waals surface area (Å²) < 4.78 is 2.43. The van der Waals surface area contributed by atoms with Crippen molar-refractivity contribution in [2.75, 3.05) is 0 Å². The van der Waals surface area contributed by atoms with E-state index in [1.165, 1.54) is 74.7 Å². The quantitative estimate of drug-likeness (QED) is 0.505. The highest BCUT2D eigenvalue weighted by atomic mass is 15.0. The maximum Gasteiger partial charge on any atom is 0.0222 e. The lowest BCUT2D eigenvalue weighted by atomic mass is 10.1. The van der Waals surface area contributed by atoms with Crippen LogP contribution in [0.3, 0.4) is 0 Å². The molecule has 0 aromatic carbocycles. The van der Waals surface area contributed by atoms with Gasteiger partial charge in [-0.15, -0.1) is 0 Å². The maximum atomic E-state index is 2.43. The molecule has 1 aromatic rings. The van der Waals surface area contributed by atoms with E-state index in [9.17, 15) is 0 Å². The van der Waals surface area contributed by atoms with E-state index in [0.717, 1.165) is 0 Å². The Morgan fingerprint density at radius 1 is 0.833 bits per heavy atom. The predicted octanol–water partition coefficient (Wildman–Crippen LogP) is 5.55. The summed E-state index contributed by atoms with van der Waals surface area (Å²) in [5.41, 5.74) is 4.36. The van der Waals surface area contributed by atoms with Crippen molar-refractivity contribution in [2.45, 2.75) is 85.6 Å². The second kappa shape index (κ2) is 8.39. The zero-order chi connectivity index (χ0) is 13.4. The number of rotatable bonds is 9. The van der Waals surface area contributed by atoms with Gasteiger partial charge in [-0.2, -0.15) is 0 Å². The molecule has 1 heteroatoms. The van der Waals surface area contributed by atoms with E-state index >= 15 is 0 Å². The Balaban J connectivity index is 2.09. The number of unbranched alkanes of at least 4 members (excludes halogenated alkanes) is 7. The SMILES string of the molecule is CCCCCCCCCCn1cc(C)c(C)c1C. The van der Waals surface area contributed by atoms with Gasteiger partial charge < -0.3 is 4.57 Å². The molecular formula is C17H31N. The van der Waals surface area contributed by atoms with Crippen LogP contribution in [-0.2, 0) is 6.54 Å². The van der Waals surface area contributed by atoms with Crippen molar-refractivity contribution in [2.24, 2.45) is 0 Å². The Labute approximate surface area is 114 Å². The van der Waals surface area contributed by atoms with Crippen molar-refractivity contribution >= 4 is 0 Å². The zero-order valence-corrected chi connectivity index (χ0v) is 12.9. The molecule has 1 rings (SSSR count). The summed E-state index contributed by atoms with van der Waals surface area (Å²) in [7, 11) is 0. The lowest BCUT2D eigenvalue weighted by Crippen LogP contribution is -1.99. The summed E-state index contributed by atoms with van der Waals surface area (Å²) >= 11 is 0. The minimum atomic E-state index is 1.20. The molecule has 0 atom stereocenters. The summed E-state index contributed by atoms with van der Waals surface area (Å²) in [5.74, 6) is 0. The topological polar surface area (TPSA) is 4.93 Å². The van der Waals surface area contributed by atoms with Crippen molar-refractivity contribution in [3.05, 3.63) is 23.0 Å². The van der Waals surface area contributed by atoms with Crippen molar-refractivity contribution in [1.82, 2.24) is 4.57 Å². The van der Waals surface area contributed by atoms with Gasteiger partial charge in [0.2, 0.25) is 0 Å². The highest BCUT2D eigenvalue weighted by molar-refractivity contribution is 5.28. The smallest absolute Gasteiger partial charge is 0.0222 e. The van der Waals surface area contributed by atoms with E-state index in [1.807, 2.05) is 0 Å². The molecule has 0 aliphatic rings. The molecule has 0 fully saturated rings. The first kappa shape index (κ1) is 15.3. The van der Waals surface area contributed by atoms with Crippen LogP contribution < -0.4 is 0 Å². The minimum Gasteiger partial charge on any atom is -0.351 e. The fraction of sp³-hybridized carbons (Fsp3) is 0.765. The summed E-state index contributed by atoms with van der Waals surface area (Å²) in [4.78, 5) is 0. The van der Waals surface area contributed by atoms with E-state index < -0.39 is 0 Å². The number of nitrogens with zero attached hydrogens (tertiary/aromatic N) is 1. The average molecular weight is 249 g/mol. The second-order valence-electron chi connectivity index (χ2n) is 5.69. The first-order valence-corrected chi connectivity index (χ1v) is 7.79.